The van der Waals surface area contributed by atoms with Gasteiger partial charge in [-0.2, -0.15) is 0 Å². The van der Waals surface area contributed by atoms with Crippen LogP contribution >= 0.6 is 0 Å². The van der Waals surface area contributed by atoms with Crippen LogP contribution in [0, 0.1) is 5.92 Å². The molecule has 7 nitrogen and oxygen atoms in total. The quantitative estimate of drug-likeness (QED) is 0.542. The highest BCUT2D eigenvalue weighted by molar-refractivity contribution is 7.92. The van der Waals surface area contributed by atoms with Crippen LogP contribution < -0.4 is 9.46 Å². The Bertz CT molecular complexity index is 1230. The molecule has 2 aromatic carbocycles. The van der Waals surface area contributed by atoms with Crippen molar-refractivity contribution >= 4 is 21.6 Å². The van der Waals surface area contributed by atoms with Crippen molar-refractivity contribution in [2.75, 3.05) is 18.9 Å². The number of carbonyl (C=O) groups excluding carboxylic acids is 1. The molecule has 3 aromatic rings. The number of para-hydroxylation sites is 2. The van der Waals surface area contributed by atoms with Gasteiger partial charge in [-0.15, -0.1) is 0 Å². The van der Waals surface area contributed by atoms with Crippen LogP contribution in [0.25, 0.3) is 0 Å². The van der Waals surface area contributed by atoms with E-state index in [2.05, 4.69) is 11.6 Å². The zero-order chi connectivity index (χ0) is 22.9. The predicted molar refractivity (Wildman–Crippen MR) is 121 cm³/mol. The van der Waals surface area contributed by atoms with Gasteiger partial charge in [0.05, 0.1) is 24.2 Å². The average molecular weight is 455 g/mol. The Kier molecular flexibility index (Phi) is 5.97. The van der Waals surface area contributed by atoms with Crippen LogP contribution in [-0.4, -0.2) is 33.4 Å². The Hall–Kier alpha value is -3.26. The summed E-state index contributed by atoms with van der Waals surface area (Å²) < 4.78 is 39.4. The summed E-state index contributed by atoms with van der Waals surface area (Å²) in [7, 11) is -0.777. The molecule has 0 unspecified atom stereocenters. The average Bonchev–Trinajstić information content (AvgIpc) is 3.34. The van der Waals surface area contributed by atoms with E-state index in [-0.39, 0.29) is 16.4 Å². The largest absolute Gasteiger partial charge is 0.495 e. The van der Waals surface area contributed by atoms with Gasteiger partial charge in [-0.05, 0) is 54.8 Å². The number of nitrogens with zero attached hydrogens (tertiary/aromatic N) is 1. The van der Waals surface area contributed by atoms with Crippen molar-refractivity contribution in [2.45, 2.75) is 30.7 Å². The van der Waals surface area contributed by atoms with Crippen LogP contribution in [0.3, 0.4) is 0 Å². The molecular weight excluding hydrogens is 428 g/mol. The topological polar surface area (TPSA) is 88.8 Å². The molecular formula is C24H26N2O5S. The van der Waals surface area contributed by atoms with Gasteiger partial charge in [0, 0.05) is 18.5 Å². The number of amides is 1. The Labute approximate surface area is 188 Å². The molecule has 1 aliphatic carbocycles. The van der Waals surface area contributed by atoms with E-state index < -0.39 is 10.0 Å². The predicted octanol–water partition coefficient (Wildman–Crippen LogP) is 4.48. The summed E-state index contributed by atoms with van der Waals surface area (Å²) in [6.07, 6.45) is 1.13. The van der Waals surface area contributed by atoms with Gasteiger partial charge in [0.25, 0.3) is 15.9 Å². The van der Waals surface area contributed by atoms with Crippen molar-refractivity contribution in [3.63, 3.8) is 0 Å². The number of sulfonamides is 1. The lowest BCUT2D eigenvalue weighted by Gasteiger charge is -2.17. The van der Waals surface area contributed by atoms with Crippen LogP contribution in [0.1, 0.15) is 41.1 Å². The zero-order valence-electron chi connectivity index (χ0n) is 18.2. The SMILES string of the molecule is COc1ccccc1NS(=O)(=O)c1cccc(C(=O)N(C)Cc2ccc([C@@H]3C[C@H]3C)o2)c1. The third-order valence-corrected chi connectivity index (χ3v) is 7.00. The van der Waals surface area contributed by atoms with Crippen LogP contribution in [0.15, 0.2) is 70.0 Å². The number of methoxy groups -OCH3 is 1. The van der Waals surface area contributed by atoms with Gasteiger partial charge in [0.15, 0.2) is 0 Å². The Morgan fingerprint density at radius 3 is 2.62 bits per heavy atom. The first kappa shape index (κ1) is 22.0. The van der Waals surface area contributed by atoms with Crippen molar-refractivity contribution in [1.29, 1.82) is 0 Å². The van der Waals surface area contributed by atoms with E-state index in [0.29, 0.717) is 35.6 Å². The maximum absolute atomic E-state index is 12.9. The number of hydrogen-bond donors (Lipinski definition) is 1. The highest BCUT2D eigenvalue weighted by Gasteiger charge is 2.36. The van der Waals surface area contributed by atoms with Crippen LogP contribution in [0.2, 0.25) is 0 Å². The molecule has 0 aliphatic heterocycles. The second-order valence-corrected chi connectivity index (χ2v) is 9.80. The minimum absolute atomic E-state index is 0.00865. The molecule has 1 aromatic heterocycles. The molecule has 32 heavy (non-hydrogen) atoms. The van der Waals surface area contributed by atoms with Crippen molar-refractivity contribution in [2.24, 2.45) is 5.92 Å². The van der Waals surface area contributed by atoms with Gasteiger partial charge in [0.2, 0.25) is 0 Å². The molecule has 0 saturated heterocycles. The van der Waals surface area contributed by atoms with E-state index in [1.165, 1.54) is 24.1 Å². The summed E-state index contributed by atoms with van der Waals surface area (Å²) in [4.78, 5) is 14.4. The molecule has 1 fully saturated rings. The molecule has 1 amide bonds. The van der Waals surface area contributed by atoms with E-state index in [9.17, 15) is 13.2 Å². The summed E-state index contributed by atoms with van der Waals surface area (Å²) in [6, 6.07) is 16.6. The minimum Gasteiger partial charge on any atom is -0.495 e. The molecule has 1 N–H and O–H groups in total. The van der Waals surface area contributed by atoms with Gasteiger partial charge in [-0.1, -0.05) is 25.1 Å². The first-order chi connectivity index (χ1) is 15.3. The number of ether oxygens (including phenoxy) is 1. The molecule has 0 spiro atoms. The fourth-order valence-electron chi connectivity index (χ4n) is 3.65. The summed E-state index contributed by atoms with van der Waals surface area (Å²) >= 11 is 0. The highest BCUT2D eigenvalue weighted by Crippen LogP contribution is 2.47. The molecule has 1 saturated carbocycles. The van der Waals surface area contributed by atoms with Gasteiger partial charge in [0.1, 0.15) is 17.3 Å². The van der Waals surface area contributed by atoms with Gasteiger partial charge < -0.3 is 14.1 Å². The fourth-order valence-corrected chi connectivity index (χ4v) is 4.77. The number of hydrogen-bond acceptors (Lipinski definition) is 5. The lowest BCUT2D eigenvalue weighted by Crippen LogP contribution is -2.26. The summed E-state index contributed by atoms with van der Waals surface area (Å²) in [6.45, 7) is 2.49. The lowest BCUT2D eigenvalue weighted by atomic mass is 10.2. The summed E-state index contributed by atoms with van der Waals surface area (Å²) in [5, 5.41) is 0. The Morgan fingerprint density at radius 1 is 1.16 bits per heavy atom. The molecule has 2 atom stereocenters. The maximum atomic E-state index is 12.9. The molecule has 0 radical (unpaired) electrons. The molecule has 0 bridgehead atoms. The van der Waals surface area contributed by atoms with Crippen molar-refractivity contribution < 1.29 is 22.4 Å². The molecule has 1 aliphatic rings. The van der Waals surface area contributed by atoms with E-state index >= 15 is 0 Å². The van der Waals surface area contributed by atoms with Crippen molar-refractivity contribution in [3.8, 4) is 5.75 Å². The first-order valence-electron chi connectivity index (χ1n) is 10.4. The smallest absolute Gasteiger partial charge is 0.262 e. The van der Waals surface area contributed by atoms with Gasteiger partial charge in [-0.25, -0.2) is 8.42 Å². The number of anilines is 1. The molecule has 168 valence electrons. The molecule has 4 rings (SSSR count). The normalized spacial score (nSPS) is 17.6. The second kappa shape index (κ2) is 8.70. The Balaban J connectivity index is 1.48. The third-order valence-electron chi connectivity index (χ3n) is 5.64. The van der Waals surface area contributed by atoms with E-state index in [0.717, 1.165) is 12.2 Å². The minimum atomic E-state index is -3.91. The number of rotatable bonds is 8. The maximum Gasteiger partial charge on any atom is 0.262 e. The lowest BCUT2D eigenvalue weighted by molar-refractivity contribution is 0.0774. The van der Waals surface area contributed by atoms with E-state index in [1.54, 1.807) is 43.4 Å². The number of furan rings is 1. The van der Waals surface area contributed by atoms with Gasteiger partial charge >= 0.3 is 0 Å². The van der Waals surface area contributed by atoms with Crippen molar-refractivity contribution in [1.82, 2.24) is 4.90 Å². The number of nitrogens with one attached hydrogen (secondary N) is 1. The van der Waals surface area contributed by atoms with E-state index in [1.807, 2.05) is 12.1 Å². The standard InChI is InChI=1S/C24H26N2O5S/c1-16-13-20(16)22-12-11-18(31-22)15-26(2)24(27)17-7-6-8-19(14-17)32(28,29)25-21-9-4-5-10-23(21)30-3/h4-12,14,16,20,25H,13,15H2,1-3H3/t16-,20-/m1/s1. The molecule has 8 heteroatoms. The highest BCUT2D eigenvalue weighted by atomic mass is 32.2. The number of carbonyl (C=O) groups is 1. The second-order valence-electron chi connectivity index (χ2n) is 8.12. The first-order valence-corrected chi connectivity index (χ1v) is 11.9. The van der Waals surface area contributed by atoms with Crippen LogP contribution in [-0.2, 0) is 16.6 Å². The fraction of sp³-hybridized carbons (Fsp3) is 0.292. The summed E-state index contributed by atoms with van der Waals surface area (Å²) in [5.41, 5.74) is 0.598. The van der Waals surface area contributed by atoms with E-state index in [4.69, 9.17) is 9.15 Å². The van der Waals surface area contributed by atoms with Crippen LogP contribution in [0.5, 0.6) is 5.75 Å². The van der Waals surface area contributed by atoms with Crippen LogP contribution in [0.4, 0.5) is 5.69 Å². The Morgan fingerprint density at radius 2 is 1.91 bits per heavy atom. The van der Waals surface area contributed by atoms with Crippen molar-refractivity contribution in [3.05, 3.63) is 77.7 Å². The number of benzene rings is 2. The van der Waals surface area contributed by atoms with Gasteiger partial charge in [-0.3, -0.25) is 9.52 Å². The zero-order valence-corrected chi connectivity index (χ0v) is 19.1. The third kappa shape index (κ3) is 4.65. The summed E-state index contributed by atoms with van der Waals surface area (Å²) in [5.74, 6) is 2.89. The monoisotopic (exact) mass is 454 g/mol. The molecule has 1 heterocycles.